The molecule has 0 aromatic heterocycles. The van der Waals surface area contributed by atoms with Crippen LogP contribution in [0.25, 0.3) is 0 Å². The summed E-state index contributed by atoms with van der Waals surface area (Å²) in [6.07, 6.45) is 1.13. The molecule has 0 unspecified atom stereocenters. The van der Waals surface area contributed by atoms with E-state index < -0.39 is 0 Å². The van der Waals surface area contributed by atoms with E-state index in [4.69, 9.17) is 4.74 Å². The van der Waals surface area contributed by atoms with Crippen LogP contribution in [-0.4, -0.2) is 25.0 Å². The first-order valence-corrected chi connectivity index (χ1v) is 8.11. The lowest BCUT2D eigenvalue weighted by atomic mass is 10.1. The number of aryl methyl sites for hydroxylation is 3. The summed E-state index contributed by atoms with van der Waals surface area (Å²) in [6.45, 7) is 4.39. The van der Waals surface area contributed by atoms with Crippen LogP contribution in [-0.2, 0) is 16.0 Å². The summed E-state index contributed by atoms with van der Waals surface area (Å²) in [4.78, 5) is 23.7. The van der Waals surface area contributed by atoms with Gasteiger partial charge in [-0.1, -0.05) is 48.0 Å². The maximum atomic E-state index is 11.9. The molecule has 126 valence electrons. The van der Waals surface area contributed by atoms with Crippen LogP contribution in [0.5, 0.6) is 0 Å². The van der Waals surface area contributed by atoms with E-state index in [1.165, 1.54) is 5.56 Å². The highest BCUT2D eigenvalue weighted by molar-refractivity contribution is 5.90. The molecule has 24 heavy (non-hydrogen) atoms. The van der Waals surface area contributed by atoms with Crippen LogP contribution in [0.4, 0.5) is 0 Å². The first-order valence-electron chi connectivity index (χ1n) is 8.11. The predicted molar refractivity (Wildman–Crippen MR) is 94.0 cm³/mol. The van der Waals surface area contributed by atoms with Crippen molar-refractivity contribution in [1.29, 1.82) is 0 Å². The fraction of sp³-hybridized carbons (Fsp3) is 0.300. The van der Waals surface area contributed by atoms with Gasteiger partial charge in [0.2, 0.25) is 5.91 Å². The van der Waals surface area contributed by atoms with Crippen LogP contribution < -0.4 is 5.32 Å². The van der Waals surface area contributed by atoms with Crippen molar-refractivity contribution in [3.8, 4) is 0 Å². The summed E-state index contributed by atoms with van der Waals surface area (Å²) in [7, 11) is 0. The fourth-order valence-corrected chi connectivity index (χ4v) is 2.31. The number of ether oxygens (including phenoxy) is 1. The quantitative estimate of drug-likeness (QED) is 0.628. The summed E-state index contributed by atoms with van der Waals surface area (Å²) >= 11 is 0. The molecule has 0 saturated heterocycles. The van der Waals surface area contributed by atoms with Gasteiger partial charge in [0.25, 0.3) is 0 Å². The Morgan fingerprint density at radius 3 is 2.42 bits per heavy atom. The number of carbonyl (C=O) groups excluding carboxylic acids is 2. The molecule has 0 heterocycles. The van der Waals surface area contributed by atoms with Crippen LogP contribution in [0.3, 0.4) is 0 Å². The number of hydrogen-bond donors (Lipinski definition) is 1. The van der Waals surface area contributed by atoms with Crippen LogP contribution in [0.2, 0.25) is 0 Å². The topological polar surface area (TPSA) is 55.4 Å². The van der Waals surface area contributed by atoms with Crippen molar-refractivity contribution in [2.45, 2.75) is 26.7 Å². The lowest BCUT2D eigenvalue weighted by molar-refractivity contribution is -0.121. The van der Waals surface area contributed by atoms with Crippen molar-refractivity contribution < 1.29 is 14.3 Å². The third-order valence-electron chi connectivity index (χ3n) is 3.78. The molecule has 4 nitrogen and oxygen atoms in total. The molecule has 0 radical (unpaired) electrons. The zero-order valence-corrected chi connectivity index (χ0v) is 14.2. The minimum atomic E-state index is -0.359. The van der Waals surface area contributed by atoms with Gasteiger partial charge >= 0.3 is 5.97 Å². The molecular weight excluding hydrogens is 302 g/mol. The van der Waals surface area contributed by atoms with Crippen molar-refractivity contribution in [1.82, 2.24) is 5.32 Å². The van der Waals surface area contributed by atoms with Crippen LogP contribution in [0.1, 0.15) is 33.5 Å². The molecule has 0 atom stereocenters. The summed E-state index contributed by atoms with van der Waals surface area (Å²) in [6, 6.07) is 15.4. The first-order chi connectivity index (χ1) is 11.6. The Hall–Kier alpha value is -2.62. The highest BCUT2D eigenvalue weighted by atomic mass is 16.5. The Morgan fingerprint density at radius 1 is 1.00 bits per heavy atom. The second-order valence-electron chi connectivity index (χ2n) is 5.79. The Labute approximate surface area is 142 Å². The minimum Gasteiger partial charge on any atom is -0.460 e. The third-order valence-corrected chi connectivity index (χ3v) is 3.78. The average Bonchev–Trinajstić information content (AvgIpc) is 2.58. The molecule has 0 bridgehead atoms. The first kappa shape index (κ1) is 17.7. The standard InChI is InChI=1S/C20H23NO3/c1-15-7-9-17(10-8-15)11-12-19(22)21-13-14-24-20(23)18-6-4-3-5-16(18)2/h3-10H,11-14H2,1-2H3,(H,21,22). The Kier molecular flexibility index (Phi) is 6.55. The van der Waals surface area contributed by atoms with Crippen LogP contribution in [0, 0.1) is 13.8 Å². The van der Waals surface area contributed by atoms with Gasteiger partial charge in [-0.2, -0.15) is 0 Å². The molecule has 2 aromatic carbocycles. The largest absolute Gasteiger partial charge is 0.460 e. The van der Waals surface area contributed by atoms with Gasteiger partial charge < -0.3 is 10.1 Å². The highest BCUT2D eigenvalue weighted by Gasteiger charge is 2.09. The molecule has 2 aromatic rings. The van der Waals surface area contributed by atoms with Crippen LogP contribution in [0.15, 0.2) is 48.5 Å². The van der Waals surface area contributed by atoms with Gasteiger partial charge in [0.15, 0.2) is 0 Å². The molecule has 1 N–H and O–H groups in total. The van der Waals surface area contributed by atoms with E-state index >= 15 is 0 Å². The second-order valence-corrected chi connectivity index (χ2v) is 5.79. The molecule has 0 spiro atoms. The smallest absolute Gasteiger partial charge is 0.338 e. The Balaban J connectivity index is 1.65. The number of amides is 1. The number of hydrogen-bond acceptors (Lipinski definition) is 3. The van der Waals surface area contributed by atoms with Crippen molar-refractivity contribution in [2.75, 3.05) is 13.2 Å². The minimum absolute atomic E-state index is 0.0393. The molecule has 0 fully saturated rings. The number of rotatable bonds is 7. The number of esters is 1. The molecule has 0 aliphatic heterocycles. The predicted octanol–water partition coefficient (Wildman–Crippen LogP) is 3.21. The van der Waals surface area contributed by atoms with E-state index in [2.05, 4.69) is 5.32 Å². The van der Waals surface area contributed by atoms with E-state index in [1.807, 2.05) is 50.2 Å². The third kappa shape index (κ3) is 5.54. The zero-order chi connectivity index (χ0) is 17.4. The molecule has 1 amide bonds. The van der Waals surface area contributed by atoms with Crippen molar-refractivity contribution >= 4 is 11.9 Å². The summed E-state index contributed by atoms with van der Waals surface area (Å²) < 4.78 is 5.18. The zero-order valence-electron chi connectivity index (χ0n) is 14.2. The van der Waals surface area contributed by atoms with Crippen LogP contribution >= 0.6 is 0 Å². The van der Waals surface area contributed by atoms with E-state index in [9.17, 15) is 9.59 Å². The summed E-state index contributed by atoms with van der Waals surface area (Å²) in [5.74, 6) is -0.399. The van der Waals surface area contributed by atoms with Gasteiger partial charge in [-0.15, -0.1) is 0 Å². The average molecular weight is 325 g/mol. The normalized spacial score (nSPS) is 10.2. The number of nitrogens with one attached hydrogen (secondary N) is 1. The Bertz CT molecular complexity index is 692. The van der Waals surface area contributed by atoms with Gasteiger partial charge in [0.05, 0.1) is 12.1 Å². The van der Waals surface area contributed by atoms with Crippen molar-refractivity contribution in [2.24, 2.45) is 0 Å². The number of carbonyl (C=O) groups is 2. The maximum Gasteiger partial charge on any atom is 0.338 e. The SMILES string of the molecule is Cc1ccc(CCC(=O)NCCOC(=O)c2ccccc2C)cc1. The van der Waals surface area contributed by atoms with E-state index in [1.54, 1.807) is 12.1 Å². The Morgan fingerprint density at radius 2 is 1.71 bits per heavy atom. The van der Waals surface area contributed by atoms with Crippen molar-refractivity contribution in [3.63, 3.8) is 0 Å². The molecule has 0 saturated carbocycles. The molecule has 4 heteroatoms. The van der Waals surface area contributed by atoms with E-state index in [0.717, 1.165) is 11.1 Å². The van der Waals surface area contributed by atoms with Crippen molar-refractivity contribution in [3.05, 3.63) is 70.8 Å². The van der Waals surface area contributed by atoms with Gasteiger partial charge in [-0.3, -0.25) is 4.79 Å². The number of benzene rings is 2. The van der Waals surface area contributed by atoms with Gasteiger partial charge in [-0.25, -0.2) is 4.79 Å². The molecule has 0 aliphatic carbocycles. The molecule has 2 rings (SSSR count). The molecular formula is C20H23NO3. The molecule has 0 aliphatic rings. The second kappa shape index (κ2) is 8.87. The maximum absolute atomic E-state index is 11.9. The fourth-order valence-electron chi connectivity index (χ4n) is 2.31. The lowest BCUT2D eigenvalue weighted by Gasteiger charge is -2.08. The monoisotopic (exact) mass is 325 g/mol. The van der Waals surface area contributed by atoms with Gasteiger partial charge in [0, 0.05) is 6.42 Å². The summed E-state index contributed by atoms with van der Waals surface area (Å²) in [5, 5.41) is 2.77. The van der Waals surface area contributed by atoms with E-state index in [-0.39, 0.29) is 18.5 Å². The lowest BCUT2D eigenvalue weighted by Crippen LogP contribution is -2.28. The van der Waals surface area contributed by atoms with E-state index in [0.29, 0.717) is 24.9 Å². The highest BCUT2D eigenvalue weighted by Crippen LogP contribution is 2.08. The summed E-state index contributed by atoms with van der Waals surface area (Å²) in [5.41, 5.74) is 3.79. The van der Waals surface area contributed by atoms with Gasteiger partial charge in [-0.05, 0) is 37.5 Å². The van der Waals surface area contributed by atoms with Gasteiger partial charge in [0.1, 0.15) is 6.61 Å².